The molecule has 11 nitrogen and oxygen atoms in total. The first-order chi connectivity index (χ1) is 23.6. The Balaban J connectivity index is 1.36. The Labute approximate surface area is 285 Å². The lowest BCUT2D eigenvalue weighted by Gasteiger charge is -2.28. The van der Waals surface area contributed by atoms with Crippen LogP contribution in [0.15, 0.2) is 91.3 Å². The topological polar surface area (TPSA) is 129 Å². The van der Waals surface area contributed by atoms with Gasteiger partial charge in [0.1, 0.15) is 40.7 Å². The normalized spacial score (nSPS) is 13.2. The summed E-state index contributed by atoms with van der Waals surface area (Å²) in [6, 6.07) is 21.1. The SMILES string of the molecule is COc1ccc(CN(Cc2ccc(OC)cc2)S(=O)(=O)CC(C)(O)c2cccc(-c3ncn(Cc4cc(OC(F)(F)F)ccc4F)n3)n2)cc1. The van der Waals surface area contributed by atoms with Crippen molar-refractivity contribution in [1.82, 2.24) is 24.1 Å². The van der Waals surface area contributed by atoms with Crippen molar-refractivity contribution >= 4 is 10.0 Å². The van der Waals surface area contributed by atoms with Crippen molar-refractivity contribution < 1.29 is 45.3 Å². The van der Waals surface area contributed by atoms with Gasteiger partial charge in [-0.05, 0) is 72.6 Å². The number of benzene rings is 3. The predicted octanol–water partition coefficient (Wildman–Crippen LogP) is 5.68. The fourth-order valence-electron chi connectivity index (χ4n) is 5.03. The third kappa shape index (κ3) is 9.34. The van der Waals surface area contributed by atoms with E-state index in [4.69, 9.17) is 9.47 Å². The highest BCUT2D eigenvalue weighted by molar-refractivity contribution is 7.89. The first-order valence-electron chi connectivity index (χ1n) is 15.0. The summed E-state index contributed by atoms with van der Waals surface area (Å²) in [6.45, 7) is 1.08. The molecule has 0 radical (unpaired) electrons. The van der Waals surface area contributed by atoms with E-state index in [9.17, 15) is 31.1 Å². The molecule has 264 valence electrons. The maximum absolute atomic E-state index is 14.4. The highest BCUT2D eigenvalue weighted by atomic mass is 32.2. The van der Waals surface area contributed by atoms with Gasteiger partial charge < -0.3 is 19.3 Å². The number of hydrogen-bond acceptors (Lipinski definition) is 9. The van der Waals surface area contributed by atoms with Crippen LogP contribution in [0.2, 0.25) is 0 Å². The Morgan fingerprint density at radius 3 is 2.00 bits per heavy atom. The fourth-order valence-corrected chi connectivity index (χ4v) is 6.77. The molecule has 2 aromatic heterocycles. The highest BCUT2D eigenvalue weighted by Crippen LogP contribution is 2.28. The van der Waals surface area contributed by atoms with Crippen LogP contribution in [0.5, 0.6) is 17.2 Å². The summed E-state index contributed by atoms with van der Waals surface area (Å²) < 4.78 is 97.1. The summed E-state index contributed by atoms with van der Waals surface area (Å²) in [5.74, 6) is -0.810. The van der Waals surface area contributed by atoms with E-state index >= 15 is 0 Å². The van der Waals surface area contributed by atoms with Gasteiger partial charge in [0.05, 0.1) is 32.2 Å². The first-order valence-corrected chi connectivity index (χ1v) is 16.6. The molecule has 0 saturated carbocycles. The van der Waals surface area contributed by atoms with Crippen molar-refractivity contribution in [3.63, 3.8) is 0 Å². The minimum atomic E-state index is -4.95. The molecule has 0 fully saturated rings. The minimum absolute atomic E-state index is 0.00902. The van der Waals surface area contributed by atoms with Crippen molar-refractivity contribution in [2.75, 3.05) is 20.0 Å². The van der Waals surface area contributed by atoms with Crippen molar-refractivity contribution in [2.24, 2.45) is 0 Å². The Morgan fingerprint density at radius 1 is 0.860 bits per heavy atom. The van der Waals surface area contributed by atoms with Crippen LogP contribution < -0.4 is 14.2 Å². The Bertz CT molecular complexity index is 1970. The van der Waals surface area contributed by atoms with Crippen LogP contribution in [0.1, 0.15) is 29.3 Å². The number of halogens is 4. The zero-order valence-corrected chi connectivity index (χ0v) is 27.9. The summed E-state index contributed by atoms with van der Waals surface area (Å²) in [4.78, 5) is 8.61. The molecule has 5 aromatic rings. The lowest BCUT2D eigenvalue weighted by molar-refractivity contribution is -0.274. The molecule has 0 bridgehead atoms. The van der Waals surface area contributed by atoms with Gasteiger partial charge in [-0.2, -0.15) is 4.31 Å². The third-order valence-corrected chi connectivity index (χ3v) is 9.51. The highest BCUT2D eigenvalue weighted by Gasteiger charge is 2.36. The lowest BCUT2D eigenvalue weighted by Crippen LogP contribution is -2.40. The Morgan fingerprint density at radius 2 is 1.44 bits per heavy atom. The van der Waals surface area contributed by atoms with Crippen LogP contribution >= 0.6 is 0 Å². The number of aromatic nitrogens is 4. The maximum Gasteiger partial charge on any atom is 0.573 e. The average Bonchev–Trinajstić information content (AvgIpc) is 3.54. The zero-order chi connectivity index (χ0) is 36.1. The van der Waals surface area contributed by atoms with Gasteiger partial charge >= 0.3 is 6.36 Å². The van der Waals surface area contributed by atoms with Crippen molar-refractivity contribution in [2.45, 2.75) is 38.5 Å². The maximum atomic E-state index is 14.4. The van der Waals surface area contributed by atoms with Crippen LogP contribution in [-0.2, 0) is 35.3 Å². The van der Waals surface area contributed by atoms with Crippen LogP contribution in [0.3, 0.4) is 0 Å². The van der Waals surface area contributed by atoms with E-state index in [1.165, 1.54) is 48.6 Å². The van der Waals surface area contributed by atoms with Crippen molar-refractivity contribution in [3.05, 3.63) is 119 Å². The van der Waals surface area contributed by atoms with Gasteiger partial charge in [0, 0.05) is 18.7 Å². The molecule has 2 heterocycles. The molecule has 16 heteroatoms. The van der Waals surface area contributed by atoms with Crippen LogP contribution in [0.4, 0.5) is 17.6 Å². The number of pyridine rings is 1. The van der Waals surface area contributed by atoms with Crippen LogP contribution in [0.25, 0.3) is 11.5 Å². The van der Waals surface area contributed by atoms with Crippen molar-refractivity contribution in [1.29, 1.82) is 0 Å². The second-order valence-corrected chi connectivity index (χ2v) is 13.4. The van der Waals surface area contributed by atoms with Crippen LogP contribution in [0, 0.1) is 5.82 Å². The predicted molar refractivity (Wildman–Crippen MR) is 174 cm³/mol. The van der Waals surface area contributed by atoms with E-state index in [1.807, 2.05) is 0 Å². The van der Waals surface area contributed by atoms with E-state index in [0.29, 0.717) is 22.6 Å². The number of hydrogen-bond donors (Lipinski definition) is 1. The number of sulfonamides is 1. The first kappa shape index (κ1) is 36.2. The molecule has 0 amide bonds. The van der Waals surface area contributed by atoms with Gasteiger partial charge in [-0.25, -0.2) is 27.5 Å². The van der Waals surface area contributed by atoms with E-state index in [2.05, 4.69) is 19.8 Å². The van der Waals surface area contributed by atoms with E-state index in [1.54, 1.807) is 54.6 Å². The number of aliphatic hydroxyl groups is 1. The molecule has 0 saturated heterocycles. The second-order valence-electron chi connectivity index (χ2n) is 11.5. The molecular formula is C34H33F4N5O6S. The van der Waals surface area contributed by atoms with Gasteiger partial charge in [-0.15, -0.1) is 18.3 Å². The molecule has 50 heavy (non-hydrogen) atoms. The molecule has 0 spiro atoms. The average molecular weight is 716 g/mol. The smallest absolute Gasteiger partial charge is 0.497 e. The van der Waals surface area contributed by atoms with Gasteiger partial charge in [0.2, 0.25) is 10.0 Å². The molecule has 1 atom stereocenters. The van der Waals surface area contributed by atoms with Gasteiger partial charge in [0.25, 0.3) is 0 Å². The van der Waals surface area contributed by atoms with E-state index in [0.717, 1.165) is 18.2 Å². The molecule has 0 aliphatic heterocycles. The van der Waals surface area contributed by atoms with Gasteiger partial charge in [-0.3, -0.25) is 0 Å². The number of alkyl halides is 3. The van der Waals surface area contributed by atoms with Crippen molar-refractivity contribution in [3.8, 4) is 28.8 Å². The Hall–Kier alpha value is -5.06. The number of nitrogens with zero attached hydrogens (tertiary/aromatic N) is 5. The largest absolute Gasteiger partial charge is 0.573 e. The molecule has 0 aliphatic rings. The van der Waals surface area contributed by atoms with Gasteiger partial charge in [0.15, 0.2) is 5.82 Å². The van der Waals surface area contributed by atoms with Crippen LogP contribution in [-0.4, -0.2) is 63.9 Å². The summed E-state index contributed by atoms with van der Waals surface area (Å²) >= 11 is 0. The number of methoxy groups -OCH3 is 2. The second kappa shape index (κ2) is 14.8. The lowest BCUT2D eigenvalue weighted by atomic mass is 10.0. The number of rotatable bonds is 14. The fraction of sp³-hybridized carbons (Fsp3) is 0.265. The molecule has 1 N–H and O–H groups in total. The quantitative estimate of drug-likeness (QED) is 0.144. The molecule has 3 aromatic carbocycles. The van der Waals surface area contributed by atoms with E-state index < -0.39 is 39.3 Å². The summed E-state index contributed by atoms with van der Waals surface area (Å²) in [7, 11) is -1.09. The minimum Gasteiger partial charge on any atom is -0.497 e. The van der Waals surface area contributed by atoms with E-state index in [-0.39, 0.29) is 42.4 Å². The summed E-state index contributed by atoms with van der Waals surface area (Å²) in [6.07, 6.45) is -3.71. The standard InChI is InChI=1S/C34H33F4N5O6S/c1-33(44,21-50(45,46)43(18-23-7-11-26(47-2)12-8-23)19-24-9-13-27(48-3)14-10-24)31-6-4-5-30(40-31)32-39-22-42(41-32)20-25-17-28(15-16-29(25)35)49-34(36,37)38/h4-17,22,44H,18-21H2,1-3H3. The molecule has 5 rings (SSSR count). The molecule has 1 unspecified atom stereocenters. The Kier molecular flexibility index (Phi) is 10.7. The number of ether oxygens (including phenoxy) is 3. The molecule has 0 aliphatic carbocycles. The molecular weight excluding hydrogens is 682 g/mol. The zero-order valence-electron chi connectivity index (χ0n) is 27.1. The monoisotopic (exact) mass is 715 g/mol. The van der Waals surface area contributed by atoms with Gasteiger partial charge in [-0.1, -0.05) is 30.3 Å². The summed E-state index contributed by atoms with van der Waals surface area (Å²) in [5.41, 5.74) is -0.523. The summed E-state index contributed by atoms with van der Waals surface area (Å²) in [5, 5.41) is 15.8. The third-order valence-electron chi connectivity index (χ3n) is 7.54.